The van der Waals surface area contributed by atoms with Gasteiger partial charge in [-0.1, -0.05) is 0 Å². The van der Waals surface area contributed by atoms with Gasteiger partial charge in [0.25, 0.3) is 0 Å². The Kier molecular flexibility index (Phi) is 4.19. The number of nitrogens with zero attached hydrogens (tertiary/aromatic N) is 2. The second-order valence-corrected chi connectivity index (χ2v) is 5.15. The lowest BCUT2D eigenvalue weighted by molar-refractivity contribution is 0.0934. The SMILES string of the molecule is Cc1cc(C(=O)CN2CCCNCC2)c(C)n1C. The zero-order chi connectivity index (χ0) is 13.1. The van der Waals surface area contributed by atoms with E-state index in [2.05, 4.69) is 14.8 Å². The number of hydrogen-bond acceptors (Lipinski definition) is 3. The number of carbonyl (C=O) groups excluding carboxylic acids is 1. The van der Waals surface area contributed by atoms with Gasteiger partial charge in [0.15, 0.2) is 5.78 Å². The lowest BCUT2D eigenvalue weighted by Crippen LogP contribution is -2.33. The minimum atomic E-state index is 0.248. The molecule has 1 N–H and O–H groups in total. The van der Waals surface area contributed by atoms with Crippen LogP contribution in [0.2, 0.25) is 0 Å². The molecule has 0 spiro atoms. The van der Waals surface area contributed by atoms with Crippen LogP contribution in [0.15, 0.2) is 6.07 Å². The summed E-state index contributed by atoms with van der Waals surface area (Å²) in [6.07, 6.45) is 1.13. The fraction of sp³-hybridized carbons (Fsp3) is 0.643. The van der Waals surface area contributed by atoms with Gasteiger partial charge < -0.3 is 9.88 Å². The highest BCUT2D eigenvalue weighted by Crippen LogP contribution is 2.14. The standard InChI is InChI=1S/C14H23N3O/c1-11-9-13(12(2)16(11)3)14(18)10-17-7-4-5-15-6-8-17/h9,15H,4-8,10H2,1-3H3. The van der Waals surface area contributed by atoms with Crippen LogP contribution in [0.25, 0.3) is 0 Å². The molecule has 4 nitrogen and oxygen atoms in total. The maximum atomic E-state index is 12.3. The molecule has 2 heterocycles. The summed E-state index contributed by atoms with van der Waals surface area (Å²) in [5.41, 5.74) is 3.10. The number of nitrogens with one attached hydrogen (secondary N) is 1. The summed E-state index contributed by atoms with van der Waals surface area (Å²) in [4.78, 5) is 14.6. The summed E-state index contributed by atoms with van der Waals surface area (Å²) in [5, 5.41) is 3.36. The number of Topliss-reactive ketones (excluding diaryl/α,β-unsaturated/α-hetero) is 1. The van der Waals surface area contributed by atoms with E-state index in [1.54, 1.807) is 0 Å². The summed E-state index contributed by atoms with van der Waals surface area (Å²) in [6.45, 7) is 8.64. The van der Waals surface area contributed by atoms with Gasteiger partial charge in [-0.05, 0) is 39.4 Å². The van der Waals surface area contributed by atoms with Crippen molar-refractivity contribution >= 4 is 5.78 Å². The summed E-state index contributed by atoms with van der Waals surface area (Å²) < 4.78 is 2.08. The molecule has 0 radical (unpaired) electrons. The number of rotatable bonds is 3. The number of hydrogen-bond donors (Lipinski definition) is 1. The van der Waals surface area contributed by atoms with Crippen molar-refractivity contribution in [3.63, 3.8) is 0 Å². The number of aryl methyl sites for hydroxylation is 1. The Bertz CT molecular complexity index is 428. The molecule has 0 aliphatic carbocycles. The third-order valence-electron chi connectivity index (χ3n) is 3.88. The first-order chi connectivity index (χ1) is 8.59. The van der Waals surface area contributed by atoms with Crippen LogP contribution in [0, 0.1) is 13.8 Å². The van der Waals surface area contributed by atoms with E-state index in [1.165, 1.54) is 0 Å². The Labute approximate surface area is 109 Å². The Morgan fingerprint density at radius 2 is 2.11 bits per heavy atom. The Hall–Kier alpha value is -1.13. The summed E-state index contributed by atoms with van der Waals surface area (Å²) >= 11 is 0. The van der Waals surface area contributed by atoms with Gasteiger partial charge in [-0.15, -0.1) is 0 Å². The van der Waals surface area contributed by atoms with Crippen LogP contribution in [0.1, 0.15) is 28.2 Å². The number of ketones is 1. The highest BCUT2D eigenvalue weighted by Gasteiger charge is 2.17. The van der Waals surface area contributed by atoms with Gasteiger partial charge in [-0.25, -0.2) is 0 Å². The van der Waals surface area contributed by atoms with E-state index in [0.29, 0.717) is 6.54 Å². The number of carbonyl (C=O) groups is 1. The van der Waals surface area contributed by atoms with E-state index in [9.17, 15) is 4.79 Å². The van der Waals surface area contributed by atoms with Crippen LogP contribution in [-0.4, -0.2) is 48.0 Å². The normalized spacial score (nSPS) is 17.7. The van der Waals surface area contributed by atoms with Gasteiger partial charge in [0.1, 0.15) is 0 Å². The minimum absolute atomic E-state index is 0.248. The van der Waals surface area contributed by atoms with Gasteiger partial charge in [0, 0.05) is 37.1 Å². The van der Waals surface area contributed by atoms with Crippen LogP contribution in [-0.2, 0) is 7.05 Å². The monoisotopic (exact) mass is 249 g/mol. The molecule has 0 bridgehead atoms. The lowest BCUT2D eigenvalue weighted by atomic mass is 10.1. The van der Waals surface area contributed by atoms with Crippen LogP contribution in [0.3, 0.4) is 0 Å². The summed E-state index contributed by atoms with van der Waals surface area (Å²) in [7, 11) is 2.01. The van der Waals surface area contributed by atoms with Crippen LogP contribution < -0.4 is 5.32 Å². The predicted octanol–water partition coefficient (Wildman–Crippen LogP) is 1.12. The molecule has 1 aromatic heterocycles. The van der Waals surface area contributed by atoms with Gasteiger partial charge in [0.2, 0.25) is 0 Å². The second-order valence-electron chi connectivity index (χ2n) is 5.15. The Morgan fingerprint density at radius 3 is 2.78 bits per heavy atom. The number of aromatic nitrogens is 1. The fourth-order valence-electron chi connectivity index (χ4n) is 2.49. The van der Waals surface area contributed by atoms with E-state index < -0.39 is 0 Å². The molecular weight excluding hydrogens is 226 g/mol. The summed E-state index contributed by atoms with van der Waals surface area (Å²) in [5.74, 6) is 0.248. The quantitative estimate of drug-likeness (QED) is 0.816. The Morgan fingerprint density at radius 1 is 1.33 bits per heavy atom. The van der Waals surface area contributed by atoms with Crippen molar-refractivity contribution in [2.75, 3.05) is 32.7 Å². The predicted molar refractivity (Wildman–Crippen MR) is 73.1 cm³/mol. The first-order valence-electron chi connectivity index (χ1n) is 6.69. The highest BCUT2D eigenvalue weighted by atomic mass is 16.1. The molecular formula is C14H23N3O. The topological polar surface area (TPSA) is 37.3 Å². The lowest BCUT2D eigenvalue weighted by Gasteiger charge is -2.18. The first kappa shape index (κ1) is 13.3. The van der Waals surface area contributed by atoms with Crippen LogP contribution >= 0.6 is 0 Å². The van der Waals surface area contributed by atoms with E-state index in [1.807, 2.05) is 27.0 Å². The molecule has 0 aromatic carbocycles. The molecule has 4 heteroatoms. The van der Waals surface area contributed by atoms with E-state index in [-0.39, 0.29) is 5.78 Å². The maximum absolute atomic E-state index is 12.3. The van der Waals surface area contributed by atoms with Crippen molar-refractivity contribution in [1.29, 1.82) is 0 Å². The zero-order valence-corrected chi connectivity index (χ0v) is 11.6. The molecule has 0 amide bonds. The molecule has 1 fully saturated rings. The largest absolute Gasteiger partial charge is 0.351 e. The average molecular weight is 249 g/mol. The highest BCUT2D eigenvalue weighted by molar-refractivity contribution is 5.99. The maximum Gasteiger partial charge on any atom is 0.178 e. The molecule has 1 aliphatic heterocycles. The second kappa shape index (κ2) is 5.67. The van der Waals surface area contributed by atoms with E-state index >= 15 is 0 Å². The minimum Gasteiger partial charge on any atom is -0.351 e. The fourth-order valence-corrected chi connectivity index (χ4v) is 2.49. The van der Waals surface area contributed by atoms with Gasteiger partial charge >= 0.3 is 0 Å². The van der Waals surface area contributed by atoms with Crippen LogP contribution in [0.5, 0.6) is 0 Å². The van der Waals surface area contributed by atoms with Crippen molar-refractivity contribution in [1.82, 2.24) is 14.8 Å². The molecule has 0 unspecified atom stereocenters. The molecule has 100 valence electrons. The zero-order valence-electron chi connectivity index (χ0n) is 11.6. The molecule has 0 atom stereocenters. The van der Waals surface area contributed by atoms with Crippen molar-refractivity contribution < 1.29 is 4.79 Å². The van der Waals surface area contributed by atoms with Gasteiger partial charge in [-0.3, -0.25) is 9.69 Å². The molecule has 2 rings (SSSR count). The van der Waals surface area contributed by atoms with E-state index in [4.69, 9.17) is 0 Å². The molecule has 18 heavy (non-hydrogen) atoms. The van der Waals surface area contributed by atoms with E-state index in [0.717, 1.165) is 49.6 Å². The average Bonchev–Trinajstić information content (AvgIpc) is 2.57. The van der Waals surface area contributed by atoms with Crippen LogP contribution in [0.4, 0.5) is 0 Å². The first-order valence-corrected chi connectivity index (χ1v) is 6.69. The third kappa shape index (κ3) is 2.82. The van der Waals surface area contributed by atoms with Crippen molar-refractivity contribution in [2.24, 2.45) is 7.05 Å². The van der Waals surface area contributed by atoms with Crippen molar-refractivity contribution in [3.05, 3.63) is 23.0 Å². The third-order valence-corrected chi connectivity index (χ3v) is 3.88. The molecule has 1 saturated heterocycles. The molecule has 1 aromatic rings. The van der Waals surface area contributed by atoms with Gasteiger partial charge in [-0.2, -0.15) is 0 Å². The summed E-state index contributed by atoms with van der Waals surface area (Å²) in [6, 6.07) is 2.01. The Balaban J connectivity index is 2.04. The smallest absolute Gasteiger partial charge is 0.178 e. The molecule has 0 saturated carbocycles. The van der Waals surface area contributed by atoms with Gasteiger partial charge in [0.05, 0.1) is 6.54 Å². The molecule has 1 aliphatic rings. The van der Waals surface area contributed by atoms with Crippen molar-refractivity contribution in [3.8, 4) is 0 Å². The van der Waals surface area contributed by atoms with Crippen molar-refractivity contribution in [2.45, 2.75) is 20.3 Å².